The normalized spacial score (nSPS) is 14.3. The van der Waals surface area contributed by atoms with Crippen LogP contribution < -0.4 is 11.2 Å². The summed E-state index contributed by atoms with van der Waals surface area (Å²) in [4.78, 5) is 23.9. The second-order valence-electron chi connectivity index (χ2n) is 8.47. The largest absolute Gasteiger partial charge is 0.418 e. The van der Waals surface area contributed by atoms with Crippen molar-refractivity contribution in [1.29, 1.82) is 0 Å². The third-order valence-electron chi connectivity index (χ3n) is 5.55. The van der Waals surface area contributed by atoms with Gasteiger partial charge in [0.25, 0.3) is 0 Å². The molecule has 3 aromatic rings. The Balaban J connectivity index is 2.11. The van der Waals surface area contributed by atoms with Crippen LogP contribution in [0.25, 0.3) is 10.9 Å². The first-order valence-corrected chi connectivity index (χ1v) is 9.72. The molecule has 3 N–H and O–H groups in total. The van der Waals surface area contributed by atoms with E-state index in [1.807, 2.05) is 0 Å². The van der Waals surface area contributed by atoms with Crippen molar-refractivity contribution in [2.24, 2.45) is 5.73 Å². The molecular formula is C23H22F4N2O3. The van der Waals surface area contributed by atoms with Gasteiger partial charge >= 0.3 is 6.18 Å². The molecular weight excluding hydrogens is 428 g/mol. The van der Waals surface area contributed by atoms with Crippen LogP contribution in [0.1, 0.15) is 36.2 Å². The Hall–Kier alpha value is -3.20. The molecule has 0 aliphatic heterocycles. The van der Waals surface area contributed by atoms with E-state index >= 15 is 0 Å². The Bertz CT molecular complexity index is 1230. The number of aliphatic hydroxyl groups is 1. The minimum Gasteiger partial charge on any atom is -0.379 e. The number of alkyl halides is 3. The zero-order valence-corrected chi connectivity index (χ0v) is 17.4. The number of pyridine rings is 1. The summed E-state index contributed by atoms with van der Waals surface area (Å²) in [6, 6.07) is 10.3. The summed E-state index contributed by atoms with van der Waals surface area (Å²) in [7, 11) is 0. The van der Waals surface area contributed by atoms with E-state index in [1.165, 1.54) is 32.2 Å². The SMILES string of the molecule is CC(C)(CC(O)(Cn1ccc(=O)c2ccccc21)C(F)(F)F)c1cc(F)ccc1C(N)=O. The maximum absolute atomic E-state index is 14.2. The summed E-state index contributed by atoms with van der Waals surface area (Å²) in [5, 5.41) is 11.1. The number of primary amides is 1. The highest BCUT2D eigenvalue weighted by molar-refractivity contribution is 5.94. The van der Waals surface area contributed by atoms with Gasteiger partial charge in [0.2, 0.25) is 5.91 Å². The number of carbonyl (C=O) groups is 1. The number of aromatic nitrogens is 1. The molecule has 9 heteroatoms. The smallest absolute Gasteiger partial charge is 0.379 e. The molecule has 32 heavy (non-hydrogen) atoms. The number of nitrogens with two attached hydrogens (primary N) is 1. The van der Waals surface area contributed by atoms with Gasteiger partial charge in [-0.25, -0.2) is 4.39 Å². The first kappa shape index (κ1) is 23.5. The number of fused-ring (bicyclic) bond motifs is 1. The minimum atomic E-state index is -5.07. The van der Waals surface area contributed by atoms with Crippen molar-refractivity contribution in [2.45, 2.75) is 44.0 Å². The van der Waals surface area contributed by atoms with E-state index in [0.29, 0.717) is 0 Å². The van der Waals surface area contributed by atoms with Crippen molar-refractivity contribution < 1.29 is 27.5 Å². The second-order valence-corrected chi connectivity index (χ2v) is 8.47. The van der Waals surface area contributed by atoms with Gasteiger partial charge in [-0.2, -0.15) is 13.2 Å². The van der Waals surface area contributed by atoms with Crippen LogP contribution in [0.5, 0.6) is 0 Å². The quantitative estimate of drug-likeness (QED) is 0.559. The molecule has 0 saturated heterocycles. The van der Waals surface area contributed by atoms with E-state index in [4.69, 9.17) is 5.73 Å². The molecule has 1 aromatic heterocycles. The molecule has 0 fully saturated rings. The molecule has 5 nitrogen and oxygen atoms in total. The molecule has 3 rings (SSSR count). The lowest BCUT2D eigenvalue weighted by Crippen LogP contribution is -2.52. The minimum absolute atomic E-state index is 0.0440. The Morgan fingerprint density at radius 2 is 1.75 bits per heavy atom. The van der Waals surface area contributed by atoms with Crippen LogP contribution in [0, 0.1) is 5.82 Å². The molecule has 1 amide bonds. The standard InChI is InChI=1S/C23H22F4N2O3/c1-21(2,17-11-14(24)7-8-15(17)20(28)31)12-22(32,23(25,26)27)13-29-10-9-19(30)16-5-3-4-6-18(16)29/h3-11,32H,12-13H2,1-2H3,(H2,28,31). The van der Waals surface area contributed by atoms with Crippen LogP contribution in [0.2, 0.25) is 0 Å². The Kier molecular flexibility index (Phi) is 5.90. The van der Waals surface area contributed by atoms with E-state index in [9.17, 15) is 32.3 Å². The van der Waals surface area contributed by atoms with Gasteiger partial charge in [0.15, 0.2) is 11.0 Å². The van der Waals surface area contributed by atoms with Crippen LogP contribution >= 0.6 is 0 Å². The number of carbonyl (C=O) groups excluding carboxylic acids is 1. The zero-order chi connectivity index (χ0) is 23.9. The average Bonchev–Trinajstić information content (AvgIpc) is 2.69. The number of para-hydroxylation sites is 1. The number of hydrogen-bond donors (Lipinski definition) is 2. The number of amides is 1. The molecule has 0 spiro atoms. The molecule has 1 heterocycles. The van der Waals surface area contributed by atoms with E-state index < -0.39 is 41.9 Å². The van der Waals surface area contributed by atoms with E-state index in [0.717, 1.165) is 28.8 Å². The summed E-state index contributed by atoms with van der Waals surface area (Å²) >= 11 is 0. The third kappa shape index (κ3) is 4.38. The van der Waals surface area contributed by atoms with Crippen LogP contribution in [-0.2, 0) is 12.0 Å². The molecule has 0 aliphatic rings. The molecule has 170 valence electrons. The lowest BCUT2D eigenvalue weighted by atomic mass is 9.73. The average molecular weight is 450 g/mol. The van der Waals surface area contributed by atoms with Gasteiger partial charge in [0, 0.05) is 23.2 Å². The summed E-state index contributed by atoms with van der Waals surface area (Å²) in [6.07, 6.45) is -4.78. The first-order chi connectivity index (χ1) is 14.7. The first-order valence-electron chi connectivity index (χ1n) is 9.72. The van der Waals surface area contributed by atoms with Crippen LogP contribution in [0.15, 0.2) is 59.5 Å². The highest BCUT2D eigenvalue weighted by Crippen LogP contribution is 2.43. The lowest BCUT2D eigenvalue weighted by molar-refractivity contribution is -0.271. The number of hydrogen-bond acceptors (Lipinski definition) is 3. The van der Waals surface area contributed by atoms with Gasteiger partial charge in [-0.15, -0.1) is 0 Å². The second kappa shape index (κ2) is 8.05. The molecule has 0 bridgehead atoms. The van der Waals surface area contributed by atoms with Gasteiger partial charge < -0.3 is 15.4 Å². The molecule has 0 saturated carbocycles. The van der Waals surface area contributed by atoms with Gasteiger partial charge in [0.05, 0.1) is 12.1 Å². The van der Waals surface area contributed by atoms with Crippen LogP contribution in [-0.4, -0.2) is 27.4 Å². The lowest BCUT2D eigenvalue weighted by Gasteiger charge is -2.39. The molecule has 2 aromatic carbocycles. The predicted molar refractivity (Wildman–Crippen MR) is 112 cm³/mol. The molecule has 1 unspecified atom stereocenters. The Morgan fingerprint density at radius 3 is 2.38 bits per heavy atom. The summed E-state index contributed by atoms with van der Waals surface area (Å²) in [6.45, 7) is 1.82. The van der Waals surface area contributed by atoms with Crippen molar-refractivity contribution in [3.05, 3.63) is 81.9 Å². The van der Waals surface area contributed by atoms with Crippen molar-refractivity contribution in [3.63, 3.8) is 0 Å². The van der Waals surface area contributed by atoms with Crippen molar-refractivity contribution in [1.82, 2.24) is 4.57 Å². The predicted octanol–water partition coefficient (Wildman–Crippen LogP) is 3.90. The van der Waals surface area contributed by atoms with Gasteiger partial charge in [0.1, 0.15) is 5.82 Å². The number of halogens is 4. The summed E-state index contributed by atoms with van der Waals surface area (Å²) in [5.74, 6) is -1.67. The fraction of sp³-hybridized carbons (Fsp3) is 0.304. The highest BCUT2D eigenvalue weighted by Gasteiger charge is 2.56. The fourth-order valence-electron chi connectivity index (χ4n) is 4.04. The van der Waals surface area contributed by atoms with Gasteiger partial charge in [-0.3, -0.25) is 9.59 Å². The number of benzene rings is 2. The zero-order valence-electron chi connectivity index (χ0n) is 17.4. The number of rotatable bonds is 6. The Morgan fingerprint density at radius 1 is 1.09 bits per heavy atom. The fourth-order valence-corrected chi connectivity index (χ4v) is 4.04. The highest BCUT2D eigenvalue weighted by atomic mass is 19.4. The molecule has 0 aliphatic carbocycles. The van der Waals surface area contributed by atoms with Crippen molar-refractivity contribution >= 4 is 16.8 Å². The maximum Gasteiger partial charge on any atom is 0.418 e. The van der Waals surface area contributed by atoms with E-state index in [2.05, 4.69) is 0 Å². The van der Waals surface area contributed by atoms with Crippen LogP contribution in [0.4, 0.5) is 17.6 Å². The maximum atomic E-state index is 14.2. The third-order valence-corrected chi connectivity index (χ3v) is 5.55. The van der Waals surface area contributed by atoms with Gasteiger partial charge in [-0.1, -0.05) is 26.0 Å². The van der Waals surface area contributed by atoms with E-state index in [1.54, 1.807) is 12.1 Å². The van der Waals surface area contributed by atoms with Crippen molar-refractivity contribution in [2.75, 3.05) is 0 Å². The Labute approximate surface area is 181 Å². The molecule has 1 atom stereocenters. The molecule has 0 radical (unpaired) electrons. The number of nitrogens with zero attached hydrogens (tertiary/aromatic N) is 1. The van der Waals surface area contributed by atoms with Crippen LogP contribution in [0.3, 0.4) is 0 Å². The summed E-state index contributed by atoms with van der Waals surface area (Å²) in [5.41, 5.74) is 0.258. The van der Waals surface area contributed by atoms with Crippen molar-refractivity contribution in [3.8, 4) is 0 Å². The topological polar surface area (TPSA) is 85.3 Å². The van der Waals surface area contributed by atoms with E-state index in [-0.39, 0.29) is 27.5 Å². The summed E-state index contributed by atoms with van der Waals surface area (Å²) < 4.78 is 57.5. The monoisotopic (exact) mass is 450 g/mol. The van der Waals surface area contributed by atoms with Gasteiger partial charge in [-0.05, 0) is 47.7 Å².